The van der Waals surface area contributed by atoms with Gasteiger partial charge in [-0.3, -0.25) is 9.80 Å². The highest BCUT2D eigenvalue weighted by atomic mass is 16.5. The number of hydrogen-bond donors (Lipinski definition) is 0. The van der Waals surface area contributed by atoms with Crippen molar-refractivity contribution in [1.82, 2.24) is 9.80 Å². The maximum absolute atomic E-state index is 5.70. The van der Waals surface area contributed by atoms with E-state index in [1.165, 1.54) is 38.9 Å². The lowest BCUT2D eigenvalue weighted by Crippen LogP contribution is -2.64. The van der Waals surface area contributed by atoms with Crippen LogP contribution in [0.25, 0.3) is 0 Å². The van der Waals surface area contributed by atoms with Gasteiger partial charge in [0.05, 0.1) is 6.61 Å². The van der Waals surface area contributed by atoms with Crippen LogP contribution in [0.5, 0.6) is 0 Å². The molecule has 0 amide bonds. The summed E-state index contributed by atoms with van der Waals surface area (Å²) in [5.41, 5.74) is 0.295. The Balaban J connectivity index is 1.80. The summed E-state index contributed by atoms with van der Waals surface area (Å²) in [5, 5.41) is 0. The van der Waals surface area contributed by atoms with Gasteiger partial charge in [-0.15, -0.1) is 0 Å². The van der Waals surface area contributed by atoms with E-state index in [0.717, 1.165) is 25.2 Å². The Morgan fingerprint density at radius 1 is 1.28 bits per heavy atom. The Labute approximate surface area is 111 Å². The maximum Gasteiger partial charge on any atom is 0.0648 e. The van der Waals surface area contributed by atoms with Crippen molar-refractivity contribution < 1.29 is 4.74 Å². The lowest BCUT2D eigenvalue weighted by molar-refractivity contribution is -0.0424. The average Bonchev–Trinajstić information content (AvgIpc) is 2.95. The van der Waals surface area contributed by atoms with E-state index in [1.807, 2.05) is 0 Å². The molecule has 0 aliphatic carbocycles. The summed E-state index contributed by atoms with van der Waals surface area (Å²) in [7, 11) is 0. The van der Waals surface area contributed by atoms with Gasteiger partial charge in [0.2, 0.25) is 0 Å². The molecule has 0 N–H and O–H groups in total. The molecule has 3 heteroatoms. The van der Waals surface area contributed by atoms with E-state index >= 15 is 0 Å². The standard InChI is InChI=1S/C15H28N2O/c1-12(2)14-10-16-7-4-5-13(16)9-17(14)15(3)6-8-18-11-15/h12-14H,4-11H2,1-3H3. The van der Waals surface area contributed by atoms with Gasteiger partial charge >= 0.3 is 0 Å². The van der Waals surface area contributed by atoms with Gasteiger partial charge in [-0.25, -0.2) is 0 Å². The minimum Gasteiger partial charge on any atom is -0.379 e. The smallest absolute Gasteiger partial charge is 0.0648 e. The first-order valence-electron chi connectivity index (χ1n) is 7.69. The van der Waals surface area contributed by atoms with Gasteiger partial charge < -0.3 is 4.74 Å². The number of hydrogen-bond acceptors (Lipinski definition) is 3. The monoisotopic (exact) mass is 252 g/mol. The van der Waals surface area contributed by atoms with Gasteiger partial charge in [0.15, 0.2) is 0 Å². The fourth-order valence-corrected chi connectivity index (χ4v) is 4.12. The lowest BCUT2D eigenvalue weighted by Gasteiger charge is -2.52. The zero-order valence-electron chi connectivity index (χ0n) is 12.2. The van der Waals surface area contributed by atoms with Crippen LogP contribution in [0.15, 0.2) is 0 Å². The molecular formula is C15H28N2O. The fourth-order valence-electron chi connectivity index (χ4n) is 4.12. The highest BCUT2D eigenvalue weighted by Gasteiger charge is 2.46. The molecule has 3 atom stereocenters. The summed E-state index contributed by atoms with van der Waals surface area (Å²) in [5.74, 6) is 0.740. The first-order valence-corrected chi connectivity index (χ1v) is 7.69. The molecule has 0 aromatic carbocycles. The van der Waals surface area contributed by atoms with Crippen LogP contribution in [-0.2, 0) is 4.74 Å². The molecule has 3 nitrogen and oxygen atoms in total. The quantitative estimate of drug-likeness (QED) is 0.747. The van der Waals surface area contributed by atoms with E-state index in [2.05, 4.69) is 30.6 Å². The molecule has 0 radical (unpaired) electrons. The highest BCUT2D eigenvalue weighted by Crippen LogP contribution is 2.35. The third-order valence-corrected chi connectivity index (χ3v) is 5.39. The Morgan fingerprint density at radius 3 is 2.78 bits per heavy atom. The maximum atomic E-state index is 5.70. The second kappa shape index (κ2) is 4.77. The van der Waals surface area contributed by atoms with Crippen molar-refractivity contribution in [3.05, 3.63) is 0 Å². The fraction of sp³-hybridized carbons (Fsp3) is 1.00. The zero-order chi connectivity index (χ0) is 12.8. The van der Waals surface area contributed by atoms with Crippen LogP contribution in [0.1, 0.15) is 40.0 Å². The van der Waals surface area contributed by atoms with Crippen LogP contribution in [0.2, 0.25) is 0 Å². The second-order valence-electron chi connectivity index (χ2n) is 7.05. The molecule has 3 fully saturated rings. The number of nitrogens with zero attached hydrogens (tertiary/aromatic N) is 2. The summed E-state index contributed by atoms with van der Waals surface area (Å²) in [6.07, 6.45) is 4.01. The summed E-state index contributed by atoms with van der Waals surface area (Å²) in [6.45, 7) is 12.9. The molecule has 0 spiro atoms. The molecule has 3 saturated heterocycles. The second-order valence-corrected chi connectivity index (χ2v) is 7.05. The van der Waals surface area contributed by atoms with Gasteiger partial charge in [0, 0.05) is 37.3 Å². The summed E-state index contributed by atoms with van der Waals surface area (Å²) < 4.78 is 5.70. The molecule has 0 bridgehead atoms. The normalized spacial score (nSPS) is 42.7. The minimum atomic E-state index is 0.295. The zero-order valence-corrected chi connectivity index (χ0v) is 12.2. The van der Waals surface area contributed by atoms with E-state index in [1.54, 1.807) is 0 Å². The van der Waals surface area contributed by atoms with E-state index in [0.29, 0.717) is 11.6 Å². The van der Waals surface area contributed by atoms with Crippen molar-refractivity contribution in [2.45, 2.75) is 57.7 Å². The Kier molecular flexibility index (Phi) is 3.41. The number of piperazine rings is 1. The molecule has 0 aromatic heterocycles. The summed E-state index contributed by atoms with van der Waals surface area (Å²) in [4.78, 5) is 5.54. The summed E-state index contributed by atoms with van der Waals surface area (Å²) >= 11 is 0. The van der Waals surface area contributed by atoms with Gasteiger partial charge in [-0.05, 0) is 38.6 Å². The number of ether oxygens (including phenoxy) is 1. The van der Waals surface area contributed by atoms with Crippen LogP contribution in [0, 0.1) is 5.92 Å². The van der Waals surface area contributed by atoms with Crippen LogP contribution >= 0.6 is 0 Å². The van der Waals surface area contributed by atoms with Crippen LogP contribution in [0.4, 0.5) is 0 Å². The van der Waals surface area contributed by atoms with Gasteiger partial charge in [0.1, 0.15) is 0 Å². The molecule has 18 heavy (non-hydrogen) atoms. The van der Waals surface area contributed by atoms with Crippen molar-refractivity contribution in [2.24, 2.45) is 5.92 Å². The Hall–Kier alpha value is -0.120. The minimum absolute atomic E-state index is 0.295. The van der Waals surface area contributed by atoms with E-state index in [4.69, 9.17) is 4.74 Å². The van der Waals surface area contributed by atoms with Crippen molar-refractivity contribution in [3.63, 3.8) is 0 Å². The molecule has 0 saturated carbocycles. The predicted molar refractivity (Wildman–Crippen MR) is 73.8 cm³/mol. The molecule has 0 aromatic rings. The lowest BCUT2D eigenvalue weighted by atomic mass is 9.89. The Bertz CT molecular complexity index is 299. The molecule has 3 heterocycles. The van der Waals surface area contributed by atoms with Crippen molar-refractivity contribution in [2.75, 3.05) is 32.8 Å². The van der Waals surface area contributed by atoms with E-state index in [-0.39, 0.29) is 0 Å². The molecule has 104 valence electrons. The van der Waals surface area contributed by atoms with E-state index < -0.39 is 0 Å². The van der Waals surface area contributed by atoms with Gasteiger partial charge in [0.25, 0.3) is 0 Å². The Morgan fingerprint density at radius 2 is 2.11 bits per heavy atom. The summed E-state index contributed by atoms with van der Waals surface area (Å²) in [6, 6.07) is 1.53. The SMILES string of the molecule is CC(C)C1CN2CCCC2CN1C1(C)CCOC1. The first-order chi connectivity index (χ1) is 8.60. The van der Waals surface area contributed by atoms with Crippen LogP contribution in [0.3, 0.4) is 0 Å². The third kappa shape index (κ3) is 2.10. The van der Waals surface area contributed by atoms with Crippen molar-refractivity contribution in [3.8, 4) is 0 Å². The first kappa shape index (κ1) is 12.9. The van der Waals surface area contributed by atoms with Gasteiger partial charge in [-0.1, -0.05) is 13.8 Å². The van der Waals surface area contributed by atoms with Gasteiger partial charge in [-0.2, -0.15) is 0 Å². The highest BCUT2D eigenvalue weighted by molar-refractivity contribution is 5.01. The van der Waals surface area contributed by atoms with Crippen LogP contribution in [-0.4, -0.2) is 60.3 Å². The third-order valence-electron chi connectivity index (χ3n) is 5.39. The molecule has 3 aliphatic rings. The molecular weight excluding hydrogens is 224 g/mol. The molecule has 3 aliphatic heterocycles. The van der Waals surface area contributed by atoms with Crippen molar-refractivity contribution in [1.29, 1.82) is 0 Å². The number of rotatable bonds is 2. The average molecular weight is 252 g/mol. The number of fused-ring (bicyclic) bond motifs is 1. The van der Waals surface area contributed by atoms with E-state index in [9.17, 15) is 0 Å². The molecule has 3 unspecified atom stereocenters. The topological polar surface area (TPSA) is 15.7 Å². The van der Waals surface area contributed by atoms with Crippen LogP contribution < -0.4 is 0 Å². The largest absolute Gasteiger partial charge is 0.379 e. The molecule has 3 rings (SSSR count). The predicted octanol–water partition coefficient (Wildman–Crippen LogP) is 1.97. The van der Waals surface area contributed by atoms with Crippen molar-refractivity contribution >= 4 is 0 Å².